The highest BCUT2D eigenvalue weighted by Gasteiger charge is 2.75. The highest BCUT2D eigenvalue weighted by molar-refractivity contribution is 5.66. The molecule has 2 bridgehead atoms. The van der Waals surface area contributed by atoms with E-state index in [-0.39, 0.29) is 23.2 Å². The number of esters is 1. The quantitative estimate of drug-likeness (QED) is 0.618. The molecule has 1 aliphatic heterocycles. The van der Waals surface area contributed by atoms with Crippen molar-refractivity contribution in [3.05, 3.63) is 11.6 Å². The molecule has 0 unspecified atom stereocenters. The number of carbonyl (C=O) groups excluding carboxylic acids is 1. The second kappa shape index (κ2) is 6.34. The van der Waals surface area contributed by atoms with Gasteiger partial charge in [0.2, 0.25) is 0 Å². The number of aliphatic hydroxyl groups is 1. The van der Waals surface area contributed by atoms with Crippen molar-refractivity contribution in [1.82, 2.24) is 0 Å². The van der Waals surface area contributed by atoms with Crippen molar-refractivity contribution in [3.8, 4) is 0 Å². The van der Waals surface area contributed by atoms with Gasteiger partial charge in [0.1, 0.15) is 17.8 Å². The summed E-state index contributed by atoms with van der Waals surface area (Å²) in [6, 6.07) is 0. The van der Waals surface area contributed by atoms with Crippen LogP contribution in [0.25, 0.3) is 0 Å². The Kier molecular flexibility index (Phi) is 4.77. The van der Waals surface area contributed by atoms with E-state index in [1.54, 1.807) is 14.2 Å². The van der Waals surface area contributed by atoms with Gasteiger partial charge in [-0.3, -0.25) is 4.79 Å². The van der Waals surface area contributed by atoms with Crippen molar-refractivity contribution in [3.63, 3.8) is 0 Å². The normalized spacial score (nSPS) is 45.3. The smallest absolute Gasteiger partial charge is 0.303 e. The lowest BCUT2D eigenvalue weighted by Crippen LogP contribution is -2.68. The van der Waals surface area contributed by atoms with Gasteiger partial charge in [-0.2, -0.15) is 0 Å². The molecule has 6 heteroatoms. The Morgan fingerprint density at radius 1 is 1.32 bits per heavy atom. The Bertz CT molecular complexity index is 570. The topological polar surface area (TPSA) is 74.2 Å². The van der Waals surface area contributed by atoms with Gasteiger partial charge in [0.15, 0.2) is 6.29 Å². The van der Waals surface area contributed by atoms with Crippen molar-refractivity contribution in [2.45, 2.75) is 70.7 Å². The molecule has 0 aromatic heterocycles. The van der Waals surface area contributed by atoms with Gasteiger partial charge in [-0.1, -0.05) is 25.5 Å². The summed E-state index contributed by atoms with van der Waals surface area (Å²) in [6.07, 6.45) is 1.20. The molecular weight excluding hydrogens is 324 g/mol. The van der Waals surface area contributed by atoms with E-state index in [1.165, 1.54) is 6.92 Å². The van der Waals surface area contributed by atoms with Gasteiger partial charge in [-0.25, -0.2) is 0 Å². The van der Waals surface area contributed by atoms with Gasteiger partial charge in [-0.15, -0.1) is 0 Å². The molecular formula is C19H30O6. The lowest BCUT2D eigenvalue weighted by atomic mass is 9.47. The average molecular weight is 354 g/mol. The van der Waals surface area contributed by atoms with E-state index in [2.05, 4.69) is 13.8 Å². The summed E-state index contributed by atoms with van der Waals surface area (Å²) >= 11 is 0. The van der Waals surface area contributed by atoms with Crippen LogP contribution in [0.2, 0.25) is 0 Å². The van der Waals surface area contributed by atoms with Gasteiger partial charge in [-0.05, 0) is 18.8 Å². The SMILES string of the molecule is CO[C@@H]1O[C@@]23[C@@H](OC(C)=O)CC(C)=C[C@@H](OC)[C@H](O)[C@@H]1[C@H]2CC3(C)C. The number of rotatable bonds is 3. The monoisotopic (exact) mass is 354 g/mol. The Balaban J connectivity index is 2.11. The van der Waals surface area contributed by atoms with Gasteiger partial charge < -0.3 is 24.1 Å². The predicted octanol–water partition coefficient (Wildman–Crippen LogP) is 2.05. The highest BCUT2D eigenvalue weighted by Crippen LogP contribution is 2.67. The zero-order valence-corrected chi connectivity index (χ0v) is 15.9. The third-order valence-corrected chi connectivity index (χ3v) is 6.41. The summed E-state index contributed by atoms with van der Waals surface area (Å²) in [4.78, 5) is 11.8. The maximum atomic E-state index is 11.8. The fourth-order valence-electron chi connectivity index (χ4n) is 5.36. The number of aliphatic hydroxyl groups excluding tert-OH is 1. The number of hydrogen-bond acceptors (Lipinski definition) is 6. The van der Waals surface area contributed by atoms with E-state index in [4.69, 9.17) is 18.9 Å². The minimum Gasteiger partial charge on any atom is -0.459 e. The summed E-state index contributed by atoms with van der Waals surface area (Å²) < 4.78 is 23.3. The Hall–Kier alpha value is -0.950. The largest absolute Gasteiger partial charge is 0.459 e. The van der Waals surface area contributed by atoms with E-state index in [9.17, 15) is 9.90 Å². The second-order valence-corrected chi connectivity index (χ2v) is 8.29. The van der Waals surface area contributed by atoms with Crippen LogP contribution in [0.4, 0.5) is 0 Å². The zero-order valence-electron chi connectivity index (χ0n) is 15.9. The fraction of sp³-hybridized carbons (Fsp3) is 0.842. The molecule has 0 amide bonds. The zero-order chi connectivity index (χ0) is 18.6. The molecule has 3 rings (SSSR count). The third-order valence-electron chi connectivity index (χ3n) is 6.41. The molecule has 0 radical (unpaired) electrons. The molecule has 6 nitrogen and oxygen atoms in total. The molecule has 1 saturated carbocycles. The van der Waals surface area contributed by atoms with E-state index < -0.39 is 30.2 Å². The first-order chi connectivity index (χ1) is 11.7. The van der Waals surface area contributed by atoms with Crippen LogP contribution in [0.1, 0.15) is 40.5 Å². The first-order valence-corrected chi connectivity index (χ1v) is 8.94. The van der Waals surface area contributed by atoms with Crippen molar-refractivity contribution in [1.29, 1.82) is 0 Å². The maximum Gasteiger partial charge on any atom is 0.303 e. The number of methoxy groups -OCH3 is 2. The maximum absolute atomic E-state index is 11.8. The van der Waals surface area contributed by atoms with E-state index >= 15 is 0 Å². The van der Waals surface area contributed by atoms with Gasteiger partial charge in [0, 0.05) is 39.4 Å². The molecule has 0 spiro atoms. The molecule has 0 aromatic rings. The van der Waals surface area contributed by atoms with Gasteiger partial charge >= 0.3 is 5.97 Å². The summed E-state index contributed by atoms with van der Waals surface area (Å²) in [6.45, 7) is 7.66. The average Bonchev–Trinajstić information content (AvgIpc) is 2.82. The molecule has 2 aliphatic carbocycles. The van der Waals surface area contributed by atoms with Crippen molar-refractivity contribution >= 4 is 5.97 Å². The molecule has 142 valence electrons. The fourth-order valence-corrected chi connectivity index (χ4v) is 5.36. The van der Waals surface area contributed by atoms with Crippen LogP contribution in [0.5, 0.6) is 0 Å². The lowest BCUT2D eigenvalue weighted by molar-refractivity contribution is -0.279. The minimum absolute atomic E-state index is 0.0451. The third kappa shape index (κ3) is 2.65. The summed E-state index contributed by atoms with van der Waals surface area (Å²) in [5.74, 6) is -0.510. The first kappa shape index (κ1) is 18.8. The second-order valence-electron chi connectivity index (χ2n) is 8.29. The lowest BCUT2D eigenvalue weighted by Gasteiger charge is -2.61. The van der Waals surface area contributed by atoms with Crippen LogP contribution in [0.3, 0.4) is 0 Å². The molecule has 3 aliphatic rings. The molecule has 0 aromatic carbocycles. The van der Waals surface area contributed by atoms with Gasteiger partial charge in [0.05, 0.1) is 6.10 Å². The number of carbonyl (C=O) groups is 1. The van der Waals surface area contributed by atoms with Crippen molar-refractivity contribution < 1.29 is 28.8 Å². The van der Waals surface area contributed by atoms with Crippen LogP contribution >= 0.6 is 0 Å². The molecule has 7 atom stereocenters. The van der Waals surface area contributed by atoms with Crippen LogP contribution in [0, 0.1) is 17.3 Å². The van der Waals surface area contributed by atoms with E-state index in [0.717, 1.165) is 12.0 Å². The standard InChI is InChI=1S/C19H30O6/c1-10-7-13(22-5)16(21)15-12-9-18(3,4)19(12,25-17(15)23-6)14(8-10)24-11(2)20/h7,12-17,21H,8-9H2,1-6H3/t12-,13-,14+,15+,16+,17-,19-/m1/s1. The molecule has 25 heavy (non-hydrogen) atoms. The summed E-state index contributed by atoms with van der Waals surface area (Å²) in [7, 11) is 3.18. The highest BCUT2D eigenvalue weighted by atomic mass is 16.7. The molecule has 1 N–H and O–H groups in total. The Morgan fingerprint density at radius 2 is 2.00 bits per heavy atom. The van der Waals surface area contributed by atoms with Crippen LogP contribution < -0.4 is 0 Å². The van der Waals surface area contributed by atoms with Crippen LogP contribution in [-0.4, -0.2) is 55.5 Å². The number of ether oxygens (including phenoxy) is 4. The summed E-state index contributed by atoms with van der Waals surface area (Å²) in [5, 5.41) is 11.0. The number of hydrogen-bond donors (Lipinski definition) is 1. The van der Waals surface area contributed by atoms with Gasteiger partial charge in [0.25, 0.3) is 0 Å². The minimum atomic E-state index is -0.746. The van der Waals surface area contributed by atoms with E-state index in [1.807, 2.05) is 13.0 Å². The molecule has 1 saturated heterocycles. The van der Waals surface area contributed by atoms with Crippen molar-refractivity contribution in [2.75, 3.05) is 14.2 Å². The van der Waals surface area contributed by atoms with Crippen LogP contribution in [0.15, 0.2) is 11.6 Å². The first-order valence-electron chi connectivity index (χ1n) is 8.94. The summed E-state index contributed by atoms with van der Waals surface area (Å²) in [5.41, 5.74) is 0.164. The molecule has 2 fully saturated rings. The molecule has 1 heterocycles. The van der Waals surface area contributed by atoms with Crippen molar-refractivity contribution in [2.24, 2.45) is 17.3 Å². The predicted molar refractivity (Wildman–Crippen MR) is 90.7 cm³/mol. The van der Waals surface area contributed by atoms with E-state index in [0.29, 0.717) is 6.42 Å². The Morgan fingerprint density at radius 3 is 2.52 bits per heavy atom. The van der Waals surface area contributed by atoms with Crippen LogP contribution in [-0.2, 0) is 23.7 Å². The Labute approximate surface area is 149 Å².